The van der Waals surface area contributed by atoms with Crippen molar-refractivity contribution in [1.29, 1.82) is 0 Å². The molecule has 6 nitrogen and oxygen atoms in total. The van der Waals surface area contributed by atoms with Crippen molar-refractivity contribution in [3.63, 3.8) is 0 Å². The first-order chi connectivity index (χ1) is 20.6. The van der Waals surface area contributed by atoms with Gasteiger partial charge in [-0.3, -0.25) is 0 Å². The summed E-state index contributed by atoms with van der Waals surface area (Å²) >= 11 is 3.58. The highest BCUT2D eigenvalue weighted by Gasteiger charge is 2.19. The molecule has 2 saturated heterocycles. The van der Waals surface area contributed by atoms with Gasteiger partial charge in [-0.15, -0.1) is 35.1 Å². The van der Waals surface area contributed by atoms with Crippen LogP contribution in [0.1, 0.15) is 36.8 Å². The third-order valence-corrected chi connectivity index (χ3v) is 9.92. The zero-order valence-corrected chi connectivity index (χ0v) is 27.5. The Kier molecular flexibility index (Phi) is 14.7. The summed E-state index contributed by atoms with van der Waals surface area (Å²) in [4.78, 5) is 4.64. The van der Waals surface area contributed by atoms with E-state index >= 15 is 0 Å². The van der Waals surface area contributed by atoms with Crippen LogP contribution < -0.4 is 0 Å². The van der Waals surface area contributed by atoms with Crippen molar-refractivity contribution in [3.05, 3.63) is 70.4 Å². The Morgan fingerprint density at radius 2 is 1.12 bits per heavy atom. The minimum Gasteiger partial charge on any atom is -0.392 e. The molecule has 236 valence electrons. The van der Waals surface area contributed by atoms with Crippen molar-refractivity contribution in [2.45, 2.75) is 50.7 Å². The SMILES string of the molecule is Cl.OC1CCN(CCCOCCc2ccc3sccc3c2)C1.OC1CCN(CCCOCCc2ccc3sccc3c2)C1. The summed E-state index contributed by atoms with van der Waals surface area (Å²) in [6, 6.07) is 17.7. The molecule has 0 spiro atoms. The molecule has 2 atom stereocenters. The summed E-state index contributed by atoms with van der Waals surface area (Å²) in [5, 5.41) is 25.9. The lowest BCUT2D eigenvalue weighted by Crippen LogP contribution is -2.24. The molecule has 2 N–H and O–H groups in total. The summed E-state index contributed by atoms with van der Waals surface area (Å²) in [6.45, 7) is 9.01. The molecule has 2 aromatic heterocycles. The molecule has 0 aliphatic carbocycles. The van der Waals surface area contributed by atoms with E-state index in [2.05, 4.69) is 69.1 Å². The van der Waals surface area contributed by atoms with Gasteiger partial charge in [0.15, 0.2) is 0 Å². The van der Waals surface area contributed by atoms with Crippen LogP contribution in [0.3, 0.4) is 0 Å². The zero-order valence-electron chi connectivity index (χ0n) is 25.1. The molecule has 2 aliphatic heterocycles. The third-order valence-electron chi connectivity index (χ3n) is 8.12. The quantitative estimate of drug-likeness (QED) is 0.158. The maximum Gasteiger partial charge on any atom is 0.0679 e. The summed E-state index contributed by atoms with van der Waals surface area (Å²) in [6.07, 6.45) is 5.68. The Morgan fingerprint density at radius 1 is 0.651 bits per heavy atom. The second-order valence-electron chi connectivity index (χ2n) is 11.5. The average molecular weight is 647 g/mol. The Balaban J connectivity index is 0.000000192. The fraction of sp³-hybridized carbons (Fsp3) is 0.529. The third kappa shape index (κ3) is 11.4. The first kappa shape index (κ1) is 34.3. The molecular formula is C34H47ClN2O4S2. The van der Waals surface area contributed by atoms with Gasteiger partial charge < -0.3 is 29.5 Å². The predicted molar refractivity (Wildman–Crippen MR) is 183 cm³/mol. The second kappa shape index (κ2) is 18.4. The summed E-state index contributed by atoms with van der Waals surface area (Å²) in [5.74, 6) is 0. The molecule has 2 aliphatic rings. The number of halogens is 1. The Labute approximate surface area is 270 Å². The number of nitrogens with zero attached hydrogens (tertiary/aromatic N) is 2. The second-order valence-corrected chi connectivity index (χ2v) is 13.4. The largest absolute Gasteiger partial charge is 0.392 e. The minimum absolute atomic E-state index is 0. The molecule has 0 amide bonds. The molecule has 4 heterocycles. The van der Waals surface area contributed by atoms with E-state index < -0.39 is 0 Å². The number of likely N-dealkylation sites (tertiary alicyclic amines) is 2. The van der Waals surface area contributed by atoms with E-state index in [1.54, 1.807) is 22.7 Å². The maximum absolute atomic E-state index is 9.45. The number of β-amino-alcohol motifs (C(OH)–C–C–N with tert-alkyl or cyclic N) is 2. The van der Waals surface area contributed by atoms with Gasteiger partial charge in [0.05, 0.1) is 25.4 Å². The van der Waals surface area contributed by atoms with Gasteiger partial charge in [-0.25, -0.2) is 0 Å². The van der Waals surface area contributed by atoms with Gasteiger partial charge in [-0.05, 0) is 95.4 Å². The minimum atomic E-state index is -0.113. The van der Waals surface area contributed by atoms with Crippen molar-refractivity contribution in [2.24, 2.45) is 0 Å². The van der Waals surface area contributed by atoms with Gasteiger partial charge in [0, 0.05) is 61.9 Å². The molecule has 0 saturated carbocycles. The molecule has 0 bridgehead atoms. The Hall–Kier alpha value is -1.59. The molecular weight excluding hydrogens is 600 g/mol. The average Bonchev–Trinajstić information content (AvgIpc) is 3.81. The van der Waals surface area contributed by atoms with E-state index in [4.69, 9.17) is 9.47 Å². The van der Waals surface area contributed by atoms with Crippen LogP contribution in [0.4, 0.5) is 0 Å². The maximum atomic E-state index is 9.45. The van der Waals surface area contributed by atoms with E-state index in [9.17, 15) is 10.2 Å². The lowest BCUT2D eigenvalue weighted by molar-refractivity contribution is 0.122. The molecule has 6 rings (SSSR count). The van der Waals surface area contributed by atoms with Gasteiger partial charge in [-0.1, -0.05) is 24.3 Å². The number of aliphatic hydroxyl groups is 2. The highest BCUT2D eigenvalue weighted by Crippen LogP contribution is 2.23. The normalized spacial score (nSPS) is 19.1. The molecule has 9 heteroatoms. The predicted octanol–water partition coefficient (Wildman–Crippen LogP) is 6.26. The highest BCUT2D eigenvalue weighted by atomic mass is 35.5. The summed E-state index contributed by atoms with van der Waals surface area (Å²) < 4.78 is 14.2. The number of benzene rings is 2. The molecule has 43 heavy (non-hydrogen) atoms. The number of rotatable bonds is 14. The summed E-state index contributed by atoms with van der Waals surface area (Å²) in [5.41, 5.74) is 2.70. The first-order valence-corrected chi connectivity index (χ1v) is 17.3. The fourth-order valence-electron chi connectivity index (χ4n) is 5.74. The van der Waals surface area contributed by atoms with Crippen LogP contribution in [0.15, 0.2) is 59.3 Å². The van der Waals surface area contributed by atoms with Gasteiger partial charge >= 0.3 is 0 Å². The smallest absolute Gasteiger partial charge is 0.0679 e. The van der Waals surface area contributed by atoms with Gasteiger partial charge in [0.2, 0.25) is 0 Å². The molecule has 2 unspecified atom stereocenters. The van der Waals surface area contributed by atoms with Crippen LogP contribution in [0.2, 0.25) is 0 Å². The van der Waals surface area contributed by atoms with Gasteiger partial charge in [0.25, 0.3) is 0 Å². The Bertz CT molecular complexity index is 1250. The first-order valence-electron chi connectivity index (χ1n) is 15.5. The van der Waals surface area contributed by atoms with Crippen molar-refractivity contribution in [3.8, 4) is 0 Å². The van der Waals surface area contributed by atoms with E-state index in [-0.39, 0.29) is 24.6 Å². The van der Waals surface area contributed by atoms with Crippen molar-refractivity contribution in [1.82, 2.24) is 9.80 Å². The number of aliphatic hydroxyl groups excluding tert-OH is 2. The van der Waals surface area contributed by atoms with Crippen molar-refractivity contribution >= 4 is 55.3 Å². The fourth-order valence-corrected chi connectivity index (χ4v) is 7.28. The highest BCUT2D eigenvalue weighted by molar-refractivity contribution is 7.17. The number of ether oxygens (including phenoxy) is 2. The van der Waals surface area contributed by atoms with Crippen LogP contribution in [-0.4, -0.2) is 97.9 Å². The van der Waals surface area contributed by atoms with E-state index in [1.807, 2.05) is 0 Å². The van der Waals surface area contributed by atoms with Crippen molar-refractivity contribution < 1.29 is 19.7 Å². The van der Waals surface area contributed by atoms with Crippen LogP contribution in [0.5, 0.6) is 0 Å². The number of fused-ring (bicyclic) bond motifs is 2. The van der Waals surface area contributed by atoms with E-state index in [1.165, 1.54) is 31.3 Å². The monoisotopic (exact) mass is 646 g/mol. The molecule has 2 aromatic carbocycles. The van der Waals surface area contributed by atoms with Gasteiger partial charge in [-0.2, -0.15) is 0 Å². The van der Waals surface area contributed by atoms with E-state index in [0.717, 1.165) is 104 Å². The van der Waals surface area contributed by atoms with Crippen LogP contribution in [0.25, 0.3) is 20.2 Å². The molecule has 2 fully saturated rings. The van der Waals surface area contributed by atoms with Gasteiger partial charge in [0.1, 0.15) is 0 Å². The Morgan fingerprint density at radius 3 is 1.53 bits per heavy atom. The number of thiophene rings is 2. The van der Waals surface area contributed by atoms with Crippen molar-refractivity contribution in [2.75, 3.05) is 65.7 Å². The standard InChI is InChI=1S/2C17H23NO2S.ClH/c2*19-16-4-8-18(13-16)7-1-9-20-10-5-14-2-3-17-15(12-14)6-11-21-17;/h2*2-3,6,11-12,16,19H,1,4-5,7-10,13H2;1H. The molecule has 4 aromatic rings. The van der Waals surface area contributed by atoms with Crippen LogP contribution in [-0.2, 0) is 22.3 Å². The van der Waals surface area contributed by atoms with E-state index in [0.29, 0.717) is 0 Å². The number of hydrogen-bond donors (Lipinski definition) is 2. The molecule has 0 radical (unpaired) electrons. The summed E-state index contributed by atoms with van der Waals surface area (Å²) in [7, 11) is 0. The lowest BCUT2D eigenvalue weighted by atomic mass is 10.1. The van der Waals surface area contributed by atoms with Crippen LogP contribution >= 0.6 is 35.1 Å². The zero-order chi connectivity index (χ0) is 29.0. The lowest BCUT2D eigenvalue weighted by Gasteiger charge is -2.14. The van der Waals surface area contributed by atoms with Crippen LogP contribution in [0, 0.1) is 0 Å². The number of hydrogen-bond acceptors (Lipinski definition) is 8. The topological polar surface area (TPSA) is 65.4 Å².